The van der Waals surface area contributed by atoms with Crippen molar-refractivity contribution >= 4 is 45.1 Å². The van der Waals surface area contributed by atoms with Crippen molar-refractivity contribution in [1.82, 2.24) is 20.4 Å². The predicted octanol–water partition coefficient (Wildman–Crippen LogP) is 2.66. The van der Waals surface area contributed by atoms with Gasteiger partial charge in [-0.3, -0.25) is 19.8 Å². The molecule has 3 aromatic rings. The van der Waals surface area contributed by atoms with Gasteiger partial charge in [0.15, 0.2) is 0 Å². The first-order chi connectivity index (χ1) is 13.9. The van der Waals surface area contributed by atoms with Gasteiger partial charge in [-0.15, -0.1) is 10.2 Å². The lowest BCUT2D eigenvalue weighted by atomic mass is 9.90. The van der Waals surface area contributed by atoms with Gasteiger partial charge in [0.05, 0.1) is 0 Å². The molecular formula is C20H19N5O3S. The van der Waals surface area contributed by atoms with Crippen LogP contribution in [0.25, 0.3) is 10.8 Å². The maximum Gasteiger partial charge on any atom is 0.325 e. The molecule has 1 saturated heterocycles. The first kappa shape index (κ1) is 19.0. The van der Waals surface area contributed by atoms with E-state index in [2.05, 4.69) is 20.8 Å². The fraction of sp³-hybridized carbons (Fsp3) is 0.250. The smallest absolute Gasteiger partial charge is 0.319 e. The Morgan fingerprint density at radius 2 is 1.93 bits per heavy atom. The molecule has 1 aliphatic heterocycles. The summed E-state index contributed by atoms with van der Waals surface area (Å²) in [6.45, 7) is 3.19. The van der Waals surface area contributed by atoms with Gasteiger partial charge in [-0.2, -0.15) is 0 Å². The molecule has 0 saturated carbocycles. The third kappa shape index (κ3) is 3.44. The molecule has 148 valence electrons. The topological polar surface area (TPSA) is 104 Å². The molecule has 0 unspecified atom stereocenters. The van der Waals surface area contributed by atoms with Crippen LogP contribution in [0.1, 0.15) is 24.4 Å². The van der Waals surface area contributed by atoms with Crippen molar-refractivity contribution in [2.45, 2.75) is 25.8 Å². The fourth-order valence-electron chi connectivity index (χ4n) is 3.29. The summed E-state index contributed by atoms with van der Waals surface area (Å²) in [5, 5.41) is 16.3. The number of carbonyl (C=O) groups is 3. The average Bonchev–Trinajstić information content (AvgIpc) is 3.26. The van der Waals surface area contributed by atoms with E-state index in [4.69, 9.17) is 0 Å². The van der Waals surface area contributed by atoms with Gasteiger partial charge < -0.3 is 5.32 Å². The quantitative estimate of drug-likeness (QED) is 0.631. The number of nitrogens with one attached hydrogen (secondary N) is 2. The number of aromatic nitrogens is 2. The first-order valence-electron chi connectivity index (χ1n) is 9.16. The Hall–Kier alpha value is -3.33. The number of urea groups is 1. The van der Waals surface area contributed by atoms with Crippen molar-refractivity contribution in [2.75, 3.05) is 11.9 Å². The van der Waals surface area contributed by atoms with Gasteiger partial charge in [0.2, 0.25) is 11.0 Å². The van der Waals surface area contributed by atoms with E-state index in [0.29, 0.717) is 17.1 Å². The minimum absolute atomic E-state index is 0.344. The molecule has 4 amide bonds. The Morgan fingerprint density at radius 3 is 2.66 bits per heavy atom. The van der Waals surface area contributed by atoms with Crippen LogP contribution in [-0.4, -0.2) is 39.5 Å². The molecule has 4 rings (SSSR count). The van der Waals surface area contributed by atoms with Crippen LogP contribution in [0.5, 0.6) is 0 Å². The standard InChI is InChI=1S/C20H19N5O3S/c1-3-16-23-24-18(29-16)21-15(26)11-25-17(27)20(2,22-19(25)28)14-9-8-12-6-4-5-7-13(12)10-14/h4-10H,3,11H2,1-2H3,(H,22,28)(H,21,24,26)/t20-/m1/s1. The first-order valence-corrected chi connectivity index (χ1v) is 9.98. The molecule has 0 spiro atoms. The van der Waals surface area contributed by atoms with Crippen molar-refractivity contribution in [1.29, 1.82) is 0 Å². The van der Waals surface area contributed by atoms with Gasteiger partial charge in [0, 0.05) is 0 Å². The second kappa shape index (κ2) is 7.25. The van der Waals surface area contributed by atoms with E-state index in [0.717, 1.165) is 20.7 Å². The molecular weight excluding hydrogens is 390 g/mol. The van der Waals surface area contributed by atoms with Crippen molar-refractivity contribution in [3.63, 3.8) is 0 Å². The van der Waals surface area contributed by atoms with Crippen LogP contribution >= 0.6 is 11.3 Å². The molecule has 2 heterocycles. The number of fused-ring (bicyclic) bond motifs is 1. The Morgan fingerprint density at radius 1 is 1.17 bits per heavy atom. The minimum Gasteiger partial charge on any atom is -0.319 e. The van der Waals surface area contributed by atoms with Gasteiger partial charge in [-0.25, -0.2) is 4.79 Å². The summed E-state index contributed by atoms with van der Waals surface area (Å²) in [6.07, 6.45) is 0.713. The maximum atomic E-state index is 13.0. The average molecular weight is 409 g/mol. The van der Waals surface area contributed by atoms with Gasteiger partial charge in [-0.1, -0.05) is 54.7 Å². The molecule has 29 heavy (non-hydrogen) atoms. The third-order valence-electron chi connectivity index (χ3n) is 4.92. The summed E-state index contributed by atoms with van der Waals surface area (Å²) >= 11 is 1.26. The number of hydrogen-bond donors (Lipinski definition) is 2. The molecule has 8 nitrogen and oxygen atoms in total. The van der Waals surface area contributed by atoms with Crippen molar-refractivity contribution in [3.8, 4) is 0 Å². The molecule has 1 atom stereocenters. The predicted molar refractivity (Wildman–Crippen MR) is 109 cm³/mol. The zero-order valence-corrected chi connectivity index (χ0v) is 16.7. The van der Waals surface area contributed by atoms with Crippen LogP contribution < -0.4 is 10.6 Å². The molecule has 1 aliphatic rings. The summed E-state index contributed by atoms with van der Waals surface area (Å²) in [4.78, 5) is 38.8. The highest BCUT2D eigenvalue weighted by atomic mass is 32.1. The largest absolute Gasteiger partial charge is 0.325 e. The summed E-state index contributed by atoms with van der Waals surface area (Å²) in [7, 11) is 0. The van der Waals surface area contributed by atoms with Crippen LogP contribution in [-0.2, 0) is 21.5 Å². The number of imide groups is 1. The molecule has 0 aliphatic carbocycles. The van der Waals surface area contributed by atoms with E-state index in [1.807, 2.05) is 49.4 Å². The summed E-state index contributed by atoms with van der Waals surface area (Å²) in [6, 6.07) is 12.8. The van der Waals surface area contributed by atoms with Gasteiger partial charge in [0.25, 0.3) is 5.91 Å². The Labute approximate surface area is 170 Å². The molecule has 1 fully saturated rings. The number of benzene rings is 2. The number of carbonyl (C=O) groups excluding carboxylic acids is 3. The van der Waals surface area contributed by atoms with E-state index in [-0.39, 0.29) is 0 Å². The molecule has 2 N–H and O–H groups in total. The second-order valence-electron chi connectivity index (χ2n) is 6.91. The van der Waals surface area contributed by atoms with E-state index < -0.39 is 29.9 Å². The Balaban J connectivity index is 1.53. The number of aryl methyl sites for hydroxylation is 1. The second-order valence-corrected chi connectivity index (χ2v) is 7.97. The van der Waals surface area contributed by atoms with E-state index >= 15 is 0 Å². The number of nitrogens with zero attached hydrogens (tertiary/aromatic N) is 3. The van der Waals surface area contributed by atoms with Crippen LogP contribution in [0, 0.1) is 0 Å². The monoisotopic (exact) mass is 409 g/mol. The number of amides is 4. The van der Waals surface area contributed by atoms with Crippen LogP contribution in [0.3, 0.4) is 0 Å². The Kier molecular flexibility index (Phi) is 4.75. The summed E-state index contributed by atoms with van der Waals surface area (Å²) < 4.78 is 0. The normalized spacial score (nSPS) is 18.9. The van der Waals surface area contributed by atoms with Crippen LogP contribution in [0.15, 0.2) is 42.5 Å². The van der Waals surface area contributed by atoms with E-state index in [9.17, 15) is 14.4 Å². The lowest BCUT2D eigenvalue weighted by Crippen LogP contribution is -2.42. The number of rotatable bonds is 5. The van der Waals surface area contributed by atoms with Crippen LogP contribution in [0.2, 0.25) is 0 Å². The highest BCUT2D eigenvalue weighted by Crippen LogP contribution is 2.31. The van der Waals surface area contributed by atoms with Gasteiger partial charge >= 0.3 is 6.03 Å². The van der Waals surface area contributed by atoms with Crippen molar-refractivity contribution in [3.05, 3.63) is 53.0 Å². The zero-order chi connectivity index (χ0) is 20.6. The van der Waals surface area contributed by atoms with Crippen LogP contribution in [0.4, 0.5) is 9.93 Å². The summed E-state index contributed by atoms with van der Waals surface area (Å²) in [5.41, 5.74) is -0.575. The highest BCUT2D eigenvalue weighted by molar-refractivity contribution is 7.15. The molecule has 1 aromatic heterocycles. The summed E-state index contributed by atoms with van der Waals surface area (Å²) in [5.74, 6) is -0.977. The molecule has 2 aromatic carbocycles. The van der Waals surface area contributed by atoms with Crippen molar-refractivity contribution in [2.24, 2.45) is 0 Å². The molecule has 0 bridgehead atoms. The van der Waals surface area contributed by atoms with Gasteiger partial charge in [-0.05, 0) is 35.7 Å². The minimum atomic E-state index is -1.24. The number of anilines is 1. The SMILES string of the molecule is CCc1nnc(NC(=O)CN2C(=O)N[C@](C)(c3ccc4ccccc4c3)C2=O)s1. The van der Waals surface area contributed by atoms with E-state index in [1.54, 1.807) is 6.92 Å². The Bertz CT molecular complexity index is 1130. The lowest BCUT2D eigenvalue weighted by molar-refractivity contribution is -0.133. The molecule has 9 heteroatoms. The van der Waals surface area contributed by atoms with E-state index in [1.165, 1.54) is 11.3 Å². The lowest BCUT2D eigenvalue weighted by Gasteiger charge is -2.22. The third-order valence-corrected chi connectivity index (χ3v) is 5.90. The fourth-order valence-corrected chi connectivity index (χ4v) is 3.98. The molecule has 0 radical (unpaired) electrons. The van der Waals surface area contributed by atoms with Gasteiger partial charge in [0.1, 0.15) is 17.1 Å². The zero-order valence-electron chi connectivity index (χ0n) is 15.9. The maximum absolute atomic E-state index is 13.0. The highest BCUT2D eigenvalue weighted by Gasteiger charge is 2.49. The van der Waals surface area contributed by atoms with Crippen molar-refractivity contribution < 1.29 is 14.4 Å². The number of hydrogen-bond acceptors (Lipinski definition) is 6.